The van der Waals surface area contributed by atoms with E-state index >= 15 is 0 Å². The van der Waals surface area contributed by atoms with Crippen LogP contribution in [0.5, 0.6) is 11.5 Å². The van der Waals surface area contributed by atoms with Gasteiger partial charge < -0.3 is 14.4 Å². The van der Waals surface area contributed by atoms with E-state index in [2.05, 4.69) is 6.07 Å². The van der Waals surface area contributed by atoms with Gasteiger partial charge in [0.15, 0.2) is 6.10 Å². The van der Waals surface area contributed by atoms with Crippen LogP contribution in [0.2, 0.25) is 0 Å². The van der Waals surface area contributed by atoms with Crippen LogP contribution >= 0.6 is 11.3 Å². The summed E-state index contributed by atoms with van der Waals surface area (Å²) in [5.41, 5.74) is 0.999. The zero-order valence-electron chi connectivity index (χ0n) is 15.4. The number of ether oxygens (including phenoxy) is 2. The van der Waals surface area contributed by atoms with Gasteiger partial charge in [0.05, 0.1) is 23.4 Å². The molecule has 0 saturated carbocycles. The van der Waals surface area contributed by atoms with E-state index in [-0.39, 0.29) is 11.9 Å². The van der Waals surface area contributed by atoms with Gasteiger partial charge in [-0.1, -0.05) is 12.1 Å². The number of carbonyl (C=O) groups is 1. The molecule has 0 N–H and O–H groups in total. The van der Waals surface area contributed by atoms with E-state index in [1.165, 1.54) is 0 Å². The molecule has 2 unspecified atom stereocenters. The van der Waals surface area contributed by atoms with E-state index in [0.29, 0.717) is 5.75 Å². The molecule has 27 heavy (non-hydrogen) atoms. The van der Waals surface area contributed by atoms with E-state index in [9.17, 15) is 4.79 Å². The Morgan fingerprint density at radius 3 is 2.67 bits per heavy atom. The highest BCUT2D eigenvalue weighted by molar-refractivity contribution is 7.18. The lowest BCUT2D eigenvalue weighted by Crippen LogP contribution is -2.40. The minimum absolute atomic E-state index is 0.00701. The summed E-state index contributed by atoms with van der Waals surface area (Å²) in [4.78, 5) is 19.7. The van der Waals surface area contributed by atoms with E-state index in [4.69, 9.17) is 14.5 Å². The van der Waals surface area contributed by atoms with E-state index in [0.717, 1.165) is 40.4 Å². The fourth-order valence-electron chi connectivity index (χ4n) is 3.46. The number of rotatable bonds is 5. The number of aromatic nitrogens is 1. The topological polar surface area (TPSA) is 51.7 Å². The van der Waals surface area contributed by atoms with Crippen molar-refractivity contribution in [3.05, 3.63) is 53.5 Å². The van der Waals surface area contributed by atoms with Crippen LogP contribution in [0.1, 0.15) is 30.8 Å². The molecule has 2 atom stereocenters. The number of amides is 1. The molecule has 2 heterocycles. The Bertz CT molecular complexity index is 905. The molecule has 0 radical (unpaired) electrons. The standard InChI is InChI=1S/C21H22N2O3S/c1-14(26-16-11-9-15(25-2)10-12-16)21(24)23-13-5-7-18(23)20-22-17-6-3-4-8-19(17)27-20/h3-4,6,8-12,14,18H,5,7,13H2,1-2H3. The second-order valence-corrected chi connectivity index (χ2v) is 7.71. The van der Waals surface area contributed by atoms with Crippen LogP contribution in [0.3, 0.4) is 0 Å². The number of carbonyl (C=O) groups excluding carboxylic acids is 1. The van der Waals surface area contributed by atoms with Gasteiger partial charge in [-0.3, -0.25) is 4.79 Å². The largest absolute Gasteiger partial charge is 0.497 e. The van der Waals surface area contributed by atoms with Crippen LogP contribution in [-0.4, -0.2) is 35.5 Å². The molecule has 5 nitrogen and oxygen atoms in total. The van der Waals surface area contributed by atoms with Crippen molar-refractivity contribution in [1.29, 1.82) is 0 Å². The Morgan fingerprint density at radius 1 is 1.19 bits per heavy atom. The Morgan fingerprint density at radius 2 is 1.93 bits per heavy atom. The minimum Gasteiger partial charge on any atom is -0.497 e. The maximum absolute atomic E-state index is 13.0. The van der Waals surface area contributed by atoms with Gasteiger partial charge in [0, 0.05) is 6.54 Å². The fourth-order valence-corrected chi connectivity index (χ4v) is 4.58. The molecule has 6 heteroatoms. The first-order valence-electron chi connectivity index (χ1n) is 9.12. The molecule has 1 fully saturated rings. The molecule has 140 valence electrons. The number of thiazole rings is 1. The molecule has 0 bridgehead atoms. The lowest BCUT2D eigenvalue weighted by atomic mass is 10.2. The molecule has 1 aromatic heterocycles. The first-order chi connectivity index (χ1) is 13.2. The zero-order valence-corrected chi connectivity index (χ0v) is 16.2. The molecule has 1 aliphatic heterocycles. The van der Waals surface area contributed by atoms with E-state index in [1.54, 1.807) is 25.4 Å². The number of fused-ring (bicyclic) bond motifs is 1. The Hall–Kier alpha value is -2.60. The molecule has 1 saturated heterocycles. The Balaban J connectivity index is 1.49. The fraction of sp³-hybridized carbons (Fsp3) is 0.333. The first-order valence-corrected chi connectivity index (χ1v) is 9.94. The van der Waals surface area contributed by atoms with E-state index < -0.39 is 6.10 Å². The molecule has 4 rings (SSSR count). The average Bonchev–Trinajstić information content (AvgIpc) is 3.34. The van der Waals surface area contributed by atoms with Crippen LogP contribution in [0, 0.1) is 0 Å². The molecule has 0 spiro atoms. The normalized spacial score (nSPS) is 17.9. The number of para-hydroxylation sites is 1. The van der Waals surface area contributed by atoms with Crippen molar-refractivity contribution in [3.8, 4) is 11.5 Å². The van der Waals surface area contributed by atoms with Gasteiger partial charge in [0.2, 0.25) is 0 Å². The molecular formula is C21H22N2O3S. The molecule has 3 aromatic rings. The number of nitrogens with zero attached hydrogens (tertiary/aromatic N) is 2. The summed E-state index contributed by atoms with van der Waals surface area (Å²) in [5, 5.41) is 1.01. The van der Waals surface area contributed by atoms with Crippen LogP contribution in [0.25, 0.3) is 10.2 Å². The van der Waals surface area contributed by atoms with Gasteiger partial charge in [-0.15, -0.1) is 11.3 Å². The number of hydrogen-bond donors (Lipinski definition) is 0. The molecular weight excluding hydrogens is 360 g/mol. The van der Waals surface area contributed by atoms with Crippen LogP contribution in [0.4, 0.5) is 0 Å². The van der Waals surface area contributed by atoms with Crippen molar-refractivity contribution in [2.24, 2.45) is 0 Å². The van der Waals surface area contributed by atoms with Crippen LogP contribution in [-0.2, 0) is 4.79 Å². The third kappa shape index (κ3) is 3.62. The van der Waals surface area contributed by atoms with Gasteiger partial charge >= 0.3 is 0 Å². The quantitative estimate of drug-likeness (QED) is 0.655. The van der Waals surface area contributed by atoms with Gasteiger partial charge in [-0.2, -0.15) is 0 Å². The molecule has 2 aromatic carbocycles. The predicted octanol–water partition coefficient (Wildman–Crippen LogP) is 4.44. The summed E-state index contributed by atoms with van der Waals surface area (Å²) < 4.78 is 12.2. The van der Waals surface area contributed by atoms with Crippen molar-refractivity contribution in [2.75, 3.05) is 13.7 Å². The highest BCUT2D eigenvalue weighted by atomic mass is 32.1. The third-order valence-electron chi connectivity index (χ3n) is 4.85. The second kappa shape index (κ2) is 7.56. The zero-order chi connectivity index (χ0) is 18.8. The van der Waals surface area contributed by atoms with E-state index in [1.807, 2.05) is 47.4 Å². The van der Waals surface area contributed by atoms with Crippen molar-refractivity contribution in [2.45, 2.75) is 31.9 Å². The van der Waals surface area contributed by atoms with Gasteiger partial charge in [-0.05, 0) is 56.2 Å². The summed E-state index contributed by atoms with van der Waals surface area (Å²) in [6.45, 7) is 2.55. The number of benzene rings is 2. The lowest BCUT2D eigenvalue weighted by Gasteiger charge is -2.26. The predicted molar refractivity (Wildman–Crippen MR) is 106 cm³/mol. The lowest BCUT2D eigenvalue weighted by molar-refractivity contribution is -0.138. The summed E-state index contributed by atoms with van der Waals surface area (Å²) in [5.74, 6) is 1.43. The summed E-state index contributed by atoms with van der Waals surface area (Å²) >= 11 is 1.68. The SMILES string of the molecule is COc1ccc(OC(C)C(=O)N2CCCC2c2nc3ccccc3s2)cc1. The highest BCUT2D eigenvalue weighted by Crippen LogP contribution is 2.37. The molecule has 1 amide bonds. The second-order valence-electron chi connectivity index (χ2n) is 6.65. The van der Waals surface area contributed by atoms with Crippen molar-refractivity contribution in [1.82, 2.24) is 9.88 Å². The summed E-state index contributed by atoms with van der Waals surface area (Å²) in [6.07, 6.45) is 1.39. The Labute approximate surface area is 162 Å². The minimum atomic E-state index is -0.548. The average molecular weight is 382 g/mol. The highest BCUT2D eigenvalue weighted by Gasteiger charge is 2.35. The molecule has 1 aliphatic rings. The summed E-state index contributed by atoms with van der Waals surface area (Å²) in [6, 6.07) is 15.4. The maximum atomic E-state index is 13.0. The van der Waals surface area contributed by atoms with Gasteiger partial charge in [0.1, 0.15) is 16.5 Å². The summed E-state index contributed by atoms with van der Waals surface area (Å²) in [7, 11) is 1.62. The Kier molecular flexibility index (Phi) is 4.99. The van der Waals surface area contributed by atoms with Gasteiger partial charge in [-0.25, -0.2) is 4.98 Å². The third-order valence-corrected chi connectivity index (χ3v) is 5.99. The number of likely N-dealkylation sites (tertiary alicyclic amines) is 1. The monoisotopic (exact) mass is 382 g/mol. The van der Waals surface area contributed by atoms with Crippen LogP contribution in [0.15, 0.2) is 48.5 Å². The smallest absolute Gasteiger partial charge is 0.263 e. The van der Waals surface area contributed by atoms with Gasteiger partial charge in [0.25, 0.3) is 5.91 Å². The van der Waals surface area contributed by atoms with Crippen molar-refractivity contribution >= 4 is 27.5 Å². The maximum Gasteiger partial charge on any atom is 0.263 e. The van der Waals surface area contributed by atoms with Crippen molar-refractivity contribution < 1.29 is 14.3 Å². The van der Waals surface area contributed by atoms with Crippen LogP contribution < -0.4 is 9.47 Å². The van der Waals surface area contributed by atoms with Crippen molar-refractivity contribution in [3.63, 3.8) is 0 Å². The number of hydrogen-bond acceptors (Lipinski definition) is 5. The number of methoxy groups -OCH3 is 1. The molecule has 0 aliphatic carbocycles. The first kappa shape index (κ1) is 17.8.